The predicted octanol–water partition coefficient (Wildman–Crippen LogP) is 1.62. The first-order valence-corrected chi connectivity index (χ1v) is 8.31. The molecule has 0 radical (unpaired) electrons. The van der Waals surface area contributed by atoms with Crippen molar-refractivity contribution < 1.29 is 9.53 Å². The number of nitrogens with two attached hydrogens (primary N) is 1. The van der Waals surface area contributed by atoms with Crippen molar-refractivity contribution in [1.29, 1.82) is 0 Å². The molecule has 24 heavy (non-hydrogen) atoms. The molecule has 0 bridgehead atoms. The summed E-state index contributed by atoms with van der Waals surface area (Å²) in [7, 11) is 0. The van der Waals surface area contributed by atoms with E-state index in [4.69, 9.17) is 10.5 Å². The Morgan fingerprint density at radius 3 is 2.88 bits per heavy atom. The van der Waals surface area contributed by atoms with Crippen molar-refractivity contribution in [2.45, 2.75) is 32.2 Å². The van der Waals surface area contributed by atoms with Gasteiger partial charge in [0.2, 0.25) is 0 Å². The zero-order chi connectivity index (χ0) is 16.8. The zero-order valence-corrected chi connectivity index (χ0v) is 13.6. The quantitative estimate of drug-likeness (QED) is 0.755. The molecular formula is C18H22N4O2. The minimum Gasteiger partial charge on any atom is -0.494 e. The minimum absolute atomic E-state index is 0.146. The Morgan fingerprint density at radius 1 is 1.25 bits per heavy atom. The molecule has 0 unspecified atom stereocenters. The Labute approximate surface area is 141 Å². The lowest BCUT2D eigenvalue weighted by Gasteiger charge is -2.08. The molecule has 3 rings (SSSR count). The number of aryl methyl sites for hydroxylation is 2. The van der Waals surface area contributed by atoms with Crippen molar-refractivity contribution in [3.05, 3.63) is 53.1 Å². The lowest BCUT2D eigenvalue weighted by molar-refractivity contribution is 0.0950. The number of carbonyl (C=O) groups is 1. The van der Waals surface area contributed by atoms with Crippen molar-refractivity contribution in [3.8, 4) is 5.75 Å². The Kier molecular flexibility index (Phi) is 5.38. The van der Waals surface area contributed by atoms with Gasteiger partial charge >= 0.3 is 0 Å². The van der Waals surface area contributed by atoms with E-state index in [1.165, 1.54) is 5.56 Å². The highest BCUT2D eigenvalue weighted by Gasteiger charge is 2.14. The van der Waals surface area contributed by atoms with Crippen LogP contribution in [0.1, 0.15) is 40.3 Å². The van der Waals surface area contributed by atoms with Gasteiger partial charge in [0.05, 0.1) is 13.2 Å². The van der Waals surface area contributed by atoms with Crippen molar-refractivity contribution in [2.75, 3.05) is 13.2 Å². The predicted molar refractivity (Wildman–Crippen MR) is 90.8 cm³/mol. The lowest BCUT2D eigenvalue weighted by Crippen LogP contribution is -2.24. The maximum absolute atomic E-state index is 12.2. The summed E-state index contributed by atoms with van der Waals surface area (Å²) in [5.41, 5.74) is 8.36. The molecule has 6 heteroatoms. The molecule has 0 saturated carbocycles. The third kappa shape index (κ3) is 4.08. The van der Waals surface area contributed by atoms with Crippen molar-refractivity contribution in [1.82, 2.24) is 15.3 Å². The number of rotatable bonds is 7. The van der Waals surface area contributed by atoms with E-state index in [-0.39, 0.29) is 5.91 Å². The Morgan fingerprint density at radius 2 is 2.08 bits per heavy atom. The van der Waals surface area contributed by atoms with Gasteiger partial charge < -0.3 is 15.8 Å². The zero-order valence-electron chi connectivity index (χ0n) is 13.6. The molecular weight excluding hydrogens is 304 g/mol. The van der Waals surface area contributed by atoms with E-state index < -0.39 is 0 Å². The molecule has 3 N–H and O–H groups in total. The average Bonchev–Trinajstić information content (AvgIpc) is 3.08. The fourth-order valence-electron chi connectivity index (χ4n) is 2.68. The molecule has 126 valence electrons. The van der Waals surface area contributed by atoms with Gasteiger partial charge in [0.25, 0.3) is 5.91 Å². The second-order valence-electron chi connectivity index (χ2n) is 5.81. The monoisotopic (exact) mass is 326 g/mol. The van der Waals surface area contributed by atoms with Gasteiger partial charge in [0, 0.05) is 17.5 Å². The van der Waals surface area contributed by atoms with Crippen LogP contribution in [0.15, 0.2) is 30.5 Å². The van der Waals surface area contributed by atoms with Gasteiger partial charge in [-0.05, 0) is 62.1 Å². The molecule has 2 aromatic rings. The smallest absolute Gasteiger partial charge is 0.251 e. The van der Waals surface area contributed by atoms with Crippen LogP contribution in [0.3, 0.4) is 0 Å². The first kappa shape index (κ1) is 16.4. The number of benzene rings is 1. The standard InChI is InChI=1S/C18H22N4O2/c19-9-2-10-24-15-7-5-13(6-8-15)18(23)21-12-17-20-11-14-3-1-4-16(14)22-17/h5-8,11H,1-4,9-10,12,19H2,(H,21,23). The first-order chi connectivity index (χ1) is 11.8. The summed E-state index contributed by atoms with van der Waals surface area (Å²) in [5.74, 6) is 1.25. The van der Waals surface area contributed by atoms with Crippen molar-refractivity contribution in [3.63, 3.8) is 0 Å². The molecule has 1 aromatic carbocycles. The molecule has 1 heterocycles. The molecule has 0 spiro atoms. The van der Waals surface area contributed by atoms with E-state index in [9.17, 15) is 4.79 Å². The van der Waals surface area contributed by atoms with E-state index in [1.807, 2.05) is 6.20 Å². The second-order valence-corrected chi connectivity index (χ2v) is 5.81. The number of nitrogens with zero attached hydrogens (tertiary/aromatic N) is 2. The van der Waals surface area contributed by atoms with Gasteiger partial charge in [-0.15, -0.1) is 0 Å². The molecule has 1 aliphatic rings. The van der Waals surface area contributed by atoms with Gasteiger partial charge in [-0.25, -0.2) is 9.97 Å². The third-order valence-corrected chi connectivity index (χ3v) is 4.00. The molecule has 0 saturated heterocycles. The molecule has 0 fully saturated rings. The van der Waals surface area contributed by atoms with Gasteiger partial charge in [0.15, 0.2) is 0 Å². The van der Waals surface area contributed by atoms with E-state index >= 15 is 0 Å². The molecule has 1 aromatic heterocycles. The number of ether oxygens (including phenoxy) is 1. The molecule has 6 nitrogen and oxygen atoms in total. The first-order valence-electron chi connectivity index (χ1n) is 8.31. The van der Waals surface area contributed by atoms with Gasteiger partial charge in [0.1, 0.15) is 11.6 Å². The third-order valence-electron chi connectivity index (χ3n) is 4.00. The van der Waals surface area contributed by atoms with Crippen LogP contribution in [0.2, 0.25) is 0 Å². The topological polar surface area (TPSA) is 90.1 Å². The number of carbonyl (C=O) groups excluding carboxylic acids is 1. The Hall–Kier alpha value is -2.47. The maximum Gasteiger partial charge on any atom is 0.251 e. The highest BCUT2D eigenvalue weighted by Crippen LogP contribution is 2.18. The van der Waals surface area contributed by atoms with Gasteiger partial charge in [-0.3, -0.25) is 4.79 Å². The number of aromatic nitrogens is 2. The van der Waals surface area contributed by atoms with Gasteiger partial charge in [-0.2, -0.15) is 0 Å². The summed E-state index contributed by atoms with van der Waals surface area (Å²) < 4.78 is 5.52. The van der Waals surface area contributed by atoms with E-state index in [1.54, 1.807) is 24.3 Å². The number of amides is 1. The van der Waals surface area contributed by atoms with E-state index in [2.05, 4.69) is 15.3 Å². The number of hydrogen-bond acceptors (Lipinski definition) is 5. The molecule has 1 amide bonds. The van der Waals surface area contributed by atoms with Crippen molar-refractivity contribution in [2.24, 2.45) is 5.73 Å². The minimum atomic E-state index is -0.146. The SMILES string of the molecule is NCCCOc1ccc(C(=O)NCc2ncc3c(n2)CCC3)cc1. The summed E-state index contributed by atoms with van der Waals surface area (Å²) in [6.07, 6.45) is 5.89. The van der Waals surface area contributed by atoms with E-state index in [0.29, 0.717) is 31.1 Å². The Balaban J connectivity index is 1.53. The summed E-state index contributed by atoms with van der Waals surface area (Å²) in [6, 6.07) is 7.07. The van der Waals surface area contributed by atoms with Crippen LogP contribution in [0.4, 0.5) is 0 Å². The van der Waals surface area contributed by atoms with Crippen LogP contribution >= 0.6 is 0 Å². The summed E-state index contributed by atoms with van der Waals surface area (Å²) in [5, 5.41) is 2.86. The molecule has 0 aliphatic heterocycles. The van der Waals surface area contributed by atoms with Crippen LogP contribution in [0.25, 0.3) is 0 Å². The highest BCUT2D eigenvalue weighted by molar-refractivity contribution is 5.94. The van der Waals surface area contributed by atoms with Crippen molar-refractivity contribution >= 4 is 5.91 Å². The van der Waals surface area contributed by atoms with Crippen LogP contribution in [0, 0.1) is 0 Å². The summed E-state index contributed by atoms with van der Waals surface area (Å²) in [4.78, 5) is 21.0. The summed E-state index contributed by atoms with van der Waals surface area (Å²) in [6.45, 7) is 1.52. The number of fused-ring (bicyclic) bond motifs is 1. The fraction of sp³-hybridized carbons (Fsp3) is 0.389. The van der Waals surface area contributed by atoms with Crippen LogP contribution < -0.4 is 15.8 Å². The van der Waals surface area contributed by atoms with Crippen LogP contribution in [-0.4, -0.2) is 29.0 Å². The molecule has 1 aliphatic carbocycles. The normalized spacial score (nSPS) is 12.7. The highest BCUT2D eigenvalue weighted by atomic mass is 16.5. The summed E-state index contributed by atoms with van der Waals surface area (Å²) >= 11 is 0. The lowest BCUT2D eigenvalue weighted by atomic mass is 10.2. The molecule has 0 atom stereocenters. The number of nitrogens with one attached hydrogen (secondary N) is 1. The Bertz CT molecular complexity index is 701. The number of hydrogen-bond donors (Lipinski definition) is 2. The maximum atomic E-state index is 12.2. The largest absolute Gasteiger partial charge is 0.494 e. The average molecular weight is 326 g/mol. The van der Waals surface area contributed by atoms with Crippen LogP contribution in [0.5, 0.6) is 5.75 Å². The fourth-order valence-corrected chi connectivity index (χ4v) is 2.68. The van der Waals surface area contributed by atoms with Gasteiger partial charge in [-0.1, -0.05) is 0 Å². The van der Waals surface area contributed by atoms with E-state index in [0.717, 1.165) is 37.1 Å². The second kappa shape index (κ2) is 7.88. The van der Waals surface area contributed by atoms with Crippen LogP contribution in [-0.2, 0) is 19.4 Å².